The molecule has 0 unspecified atom stereocenters. The molecule has 4 aliphatic carbocycles. The maximum absolute atomic E-state index is 15.1. The molecule has 0 spiro atoms. The average Bonchev–Trinajstić information content (AvgIpc) is 1.15. The molecule has 0 N–H and O–H groups in total. The summed E-state index contributed by atoms with van der Waals surface area (Å²) in [5, 5.41) is 8.04. The van der Waals surface area contributed by atoms with Gasteiger partial charge in [0, 0.05) is 78.3 Å². The molecule has 2 amide bonds. The molecule has 0 saturated carbocycles. The second-order valence-electron chi connectivity index (χ2n) is 28.9. The van der Waals surface area contributed by atoms with Gasteiger partial charge in [-0.05, 0) is 224 Å². The van der Waals surface area contributed by atoms with E-state index in [1.807, 2.05) is 12.1 Å². The fraction of sp³-hybridized carbons (Fsp3) is 0.195. The van der Waals surface area contributed by atoms with E-state index < -0.39 is 0 Å². The predicted octanol–water partition coefficient (Wildman–Crippen LogP) is 22.7. The van der Waals surface area contributed by atoms with Crippen molar-refractivity contribution in [2.45, 2.75) is 110 Å². The Morgan fingerprint density at radius 1 is 0.293 bits per heavy atom. The number of carbonyl (C=O) groups is 2. The van der Waals surface area contributed by atoms with Crippen LogP contribution in [0.4, 0.5) is 34.1 Å². The molecule has 13 aromatic carbocycles. The standard InChI is InChI=1S/C87H71N3O2/c1-11-50(12-2)90-82(91)67-39-37-65-69-43-55(88(51-29-33-61-57-21-13-17-25-71(57)84(3,4)75(61)45-51)52-30-34-62-58-22-14-18-26-72(58)85(5,6)76(62)46-52)41-49-42-56(44-70(79(49)69)66-38-40-68(83(90)92)81(67)80(65)66)89(53-31-35-63-59-23-15-19-27-73(59)86(7,8)77(63)47-53)54-32-36-64-60-24-16-20-28-74(60)87(9,10)78(64)48-54/h13-48,50H,11-12H2,1-10H3. The topological polar surface area (TPSA) is 43.9 Å². The Hall–Kier alpha value is -10.1. The van der Waals surface area contributed by atoms with E-state index in [1.54, 1.807) is 4.90 Å². The molecule has 0 saturated heterocycles. The molecule has 1 heterocycles. The third-order valence-electron chi connectivity index (χ3n) is 22.8. The summed E-state index contributed by atoms with van der Waals surface area (Å²) < 4.78 is 0. The molecule has 92 heavy (non-hydrogen) atoms. The van der Waals surface area contributed by atoms with Crippen LogP contribution in [0.25, 0.3) is 87.6 Å². The summed E-state index contributed by atoms with van der Waals surface area (Å²) in [6.45, 7) is 23.1. The second kappa shape index (κ2) is 18.8. The number of nitrogens with zero attached hydrogens (tertiary/aromatic N) is 3. The third kappa shape index (κ3) is 7.14. The van der Waals surface area contributed by atoms with Gasteiger partial charge in [0.1, 0.15) is 0 Å². The first-order valence-corrected chi connectivity index (χ1v) is 33.1. The Bertz CT molecular complexity index is 4920. The highest BCUT2D eigenvalue weighted by atomic mass is 16.2. The average molecular weight is 1190 g/mol. The molecule has 18 rings (SSSR count). The Labute approximate surface area is 538 Å². The highest BCUT2D eigenvalue weighted by Crippen LogP contribution is 2.58. The van der Waals surface area contributed by atoms with Crippen molar-refractivity contribution in [1.29, 1.82) is 0 Å². The van der Waals surface area contributed by atoms with Gasteiger partial charge in [0.05, 0.1) is 0 Å². The largest absolute Gasteiger partial charge is 0.310 e. The minimum Gasteiger partial charge on any atom is -0.310 e. The van der Waals surface area contributed by atoms with E-state index in [1.165, 1.54) is 89.0 Å². The van der Waals surface area contributed by atoms with Crippen LogP contribution in [0.3, 0.4) is 0 Å². The van der Waals surface area contributed by atoms with Crippen molar-refractivity contribution in [2.75, 3.05) is 9.80 Å². The van der Waals surface area contributed by atoms with E-state index in [0.717, 1.165) is 77.2 Å². The normalized spacial score (nSPS) is 16.1. The van der Waals surface area contributed by atoms with Crippen LogP contribution >= 0.6 is 0 Å². The molecule has 0 radical (unpaired) electrons. The first kappa shape index (κ1) is 54.8. The van der Waals surface area contributed by atoms with Gasteiger partial charge in [-0.25, -0.2) is 0 Å². The van der Waals surface area contributed by atoms with Gasteiger partial charge in [-0.3, -0.25) is 14.5 Å². The zero-order valence-electron chi connectivity index (χ0n) is 53.9. The zero-order valence-corrected chi connectivity index (χ0v) is 53.9. The molecular formula is C87H71N3O2. The number of benzene rings is 13. The Kier molecular flexibility index (Phi) is 11.2. The van der Waals surface area contributed by atoms with Crippen LogP contribution in [-0.2, 0) is 21.7 Å². The number of rotatable bonds is 9. The van der Waals surface area contributed by atoms with E-state index in [4.69, 9.17) is 0 Å². The maximum atomic E-state index is 15.1. The third-order valence-corrected chi connectivity index (χ3v) is 22.8. The molecule has 5 aliphatic rings. The van der Waals surface area contributed by atoms with Crippen molar-refractivity contribution < 1.29 is 9.59 Å². The Morgan fingerprint density at radius 2 is 0.587 bits per heavy atom. The lowest BCUT2D eigenvalue weighted by Crippen LogP contribution is -2.46. The number of hydrogen-bond acceptors (Lipinski definition) is 4. The lowest BCUT2D eigenvalue weighted by atomic mass is 9.82. The van der Waals surface area contributed by atoms with Crippen LogP contribution in [0, 0.1) is 0 Å². The fourth-order valence-electron chi connectivity index (χ4n) is 18.0. The molecule has 0 aromatic heterocycles. The van der Waals surface area contributed by atoms with Crippen molar-refractivity contribution in [3.8, 4) is 44.5 Å². The van der Waals surface area contributed by atoms with E-state index in [-0.39, 0.29) is 39.5 Å². The van der Waals surface area contributed by atoms with Crippen molar-refractivity contribution in [3.05, 3.63) is 274 Å². The molecule has 0 fully saturated rings. The van der Waals surface area contributed by atoms with Crippen LogP contribution in [0.15, 0.2) is 218 Å². The van der Waals surface area contributed by atoms with Crippen molar-refractivity contribution in [2.24, 2.45) is 0 Å². The first-order valence-electron chi connectivity index (χ1n) is 33.1. The SMILES string of the molecule is CCC(CC)N1C(=O)c2ccc3c4cc(N(c5ccc6c(c5)C(C)(C)c5ccccc5-6)c5ccc6c(c5)C(C)(C)c5ccccc5-6)cc5cc(N(c6ccc7c(c6)C(C)(C)c6ccccc6-7)c6ccc7c(c6)C(C)(C)c6ccccc6-7)cc(c6ccc(c2c36)C1=O)c54. The van der Waals surface area contributed by atoms with Crippen LogP contribution in [-0.4, -0.2) is 22.8 Å². The van der Waals surface area contributed by atoms with E-state index in [9.17, 15) is 0 Å². The molecule has 0 bridgehead atoms. The number of hydrogen-bond donors (Lipinski definition) is 0. The number of carbonyl (C=O) groups excluding carboxylic acids is 2. The Balaban J connectivity index is 0.945. The number of amides is 2. The summed E-state index contributed by atoms with van der Waals surface area (Å²) in [6, 6.07) is 82.0. The molecule has 1 aliphatic heterocycles. The molecule has 5 heteroatoms. The van der Waals surface area contributed by atoms with Gasteiger partial charge in [-0.2, -0.15) is 0 Å². The summed E-state index contributed by atoms with van der Waals surface area (Å²) in [5.74, 6) is -0.440. The van der Waals surface area contributed by atoms with Gasteiger partial charge in [0.15, 0.2) is 0 Å². The summed E-state index contributed by atoms with van der Waals surface area (Å²) in [7, 11) is 0. The van der Waals surface area contributed by atoms with Crippen LogP contribution < -0.4 is 9.80 Å². The molecule has 5 nitrogen and oxygen atoms in total. The van der Waals surface area contributed by atoms with E-state index in [2.05, 4.69) is 285 Å². The quantitative estimate of drug-likeness (QED) is 0.0821. The van der Waals surface area contributed by atoms with Crippen molar-refractivity contribution in [3.63, 3.8) is 0 Å². The van der Waals surface area contributed by atoms with E-state index >= 15 is 9.59 Å². The minimum absolute atomic E-state index is 0.210. The maximum Gasteiger partial charge on any atom is 0.261 e. The van der Waals surface area contributed by atoms with Gasteiger partial charge in [0.2, 0.25) is 0 Å². The van der Waals surface area contributed by atoms with Gasteiger partial charge in [-0.1, -0.05) is 203 Å². The zero-order chi connectivity index (χ0) is 62.8. The summed E-state index contributed by atoms with van der Waals surface area (Å²) in [5.41, 5.74) is 27.2. The highest BCUT2D eigenvalue weighted by Gasteiger charge is 2.42. The number of anilines is 6. The van der Waals surface area contributed by atoms with Crippen LogP contribution in [0.1, 0.15) is 147 Å². The fourth-order valence-corrected chi connectivity index (χ4v) is 18.0. The molecule has 446 valence electrons. The Morgan fingerprint density at radius 3 is 0.902 bits per heavy atom. The van der Waals surface area contributed by atoms with Gasteiger partial charge >= 0.3 is 0 Å². The first-order chi connectivity index (χ1) is 44.4. The van der Waals surface area contributed by atoms with Crippen molar-refractivity contribution in [1.82, 2.24) is 4.90 Å². The molecule has 0 atom stereocenters. The lowest BCUT2D eigenvalue weighted by molar-refractivity contribution is 0.0530. The number of imide groups is 1. The van der Waals surface area contributed by atoms with Gasteiger partial charge in [-0.15, -0.1) is 0 Å². The molecule has 13 aromatic rings. The van der Waals surface area contributed by atoms with Crippen LogP contribution in [0.2, 0.25) is 0 Å². The highest BCUT2D eigenvalue weighted by molar-refractivity contribution is 6.39. The smallest absolute Gasteiger partial charge is 0.261 e. The monoisotopic (exact) mass is 1190 g/mol. The van der Waals surface area contributed by atoms with Crippen molar-refractivity contribution >= 4 is 89.0 Å². The number of fused-ring (bicyclic) bond motifs is 14. The summed E-state index contributed by atoms with van der Waals surface area (Å²) in [4.78, 5) is 36.8. The second-order valence-corrected chi connectivity index (χ2v) is 28.9. The minimum atomic E-state index is -0.249. The lowest BCUT2D eigenvalue weighted by Gasteiger charge is -2.34. The van der Waals surface area contributed by atoms with Crippen LogP contribution in [0.5, 0.6) is 0 Å². The molecular weight excluding hydrogens is 1120 g/mol. The summed E-state index contributed by atoms with van der Waals surface area (Å²) >= 11 is 0. The van der Waals surface area contributed by atoms with E-state index in [0.29, 0.717) is 24.0 Å². The predicted molar refractivity (Wildman–Crippen MR) is 382 cm³/mol. The summed E-state index contributed by atoms with van der Waals surface area (Å²) in [6.07, 6.45) is 1.37. The van der Waals surface area contributed by atoms with Gasteiger partial charge in [0.25, 0.3) is 11.8 Å². The van der Waals surface area contributed by atoms with Gasteiger partial charge < -0.3 is 9.80 Å².